The van der Waals surface area contributed by atoms with Crippen molar-refractivity contribution in [2.45, 2.75) is 26.9 Å². The van der Waals surface area contributed by atoms with Gasteiger partial charge in [-0.05, 0) is 22.2 Å². The smallest absolute Gasteiger partial charge is 0.136 e. The second-order valence-electron chi connectivity index (χ2n) is 2.15. The number of rotatable bonds is 1. The average molecular weight is 205 g/mol. The minimum absolute atomic E-state index is 0.648. The first-order valence-corrected chi connectivity index (χ1v) is 5.53. The van der Waals surface area contributed by atoms with Crippen molar-refractivity contribution in [2.75, 3.05) is 0 Å². The summed E-state index contributed by atoms with van der Waals surface area (Å²) in [5, 5.41) is 0.648. The first-order valence-electron chi connectivity index (χ1n) is 4.15. The molecule has 1 aromatic heterocycles. The van der Waals surface area contributed by atoms with Gasteiger partial charge in [-0.3, -0.25) is 0 Å². The number of halogens is 1. The van der Waals surface area contributed by atoms with Crippen LogP contribution in [0.3, 0.4) is 0 Å². The Morgan fingerprint density at radius 3 is 2.42 bits per heavy atom. The molecule has 68 valence electrons. The number of hydrogen-bond acceptors (Lipinski definition) is 1. The zero-order chi connectivity index (χ0) is 9.56. The fraction of sp³-hybridized carbons (Fsp3) is 0.444. The molecule has 3 heteroatoms. The predicted molar refractivity (Wildman–Crippen MR) is 60.1 cm³/mol. The zero-order valence-electron chi connectivity index (χ0n) is 7.89. The molecule has 0 spiro atoms. The third kappa shape index (κ3) is 3.51. The van der Waals surface area contributed by atoms with Crippen molar-refractivity contribution in [2.24, 2.45) is 0 Å². The highest BCUT2D eigenvalue weighted by molar-refractivity contribution is 7.15. The molecule has 1 nitrogen and oxygen atoms in total. The lowest BCUT2D eigenvalue weighted by Gasteiger charge is -1.97. The molecule has 1 aromatic rings. The van der Waals surface area contributed by atoms with E-state index in [-0.39, 0.29) is 0 Å². The standard InChI is InChI=1S/C7H9ClNP.C2H6/c1-5-2-3-6(4-10)7(8)9-5;1-2/h2-3H,4,10H2,1H3;1-2H3/p+1. The van der Waals surface area contributed by atoms with E-state index in [0.29, 0.717) is 5.15 Å². The second-order valence-corrected chi connectivity index (χ2v) is 3.01. The average Bonchev–Trinajstić information content (AvgIpc) is 2.08. The summed E-state index contributed by atoms with van der Waals surface area (Å²) in [5.74, 6) is 0. The second kappa shape index (κ2) is 6.39. The van der Waals surface area contributed by atoms with Crippen LogP contribution in [0.5, 0.6) is 0 Å². The molecule has 0 aromatic carbocycles. The molecule has 0 aliphatic heterocycles. The first kappa shape index (κ1) is 11.9. The molecule has 0 saturated heterocycles. The van der Waals surface area contributed by atoms with Gasteiger partial charge in [0.05, 0.1) is 6.16 Å². The highest BCUT2D eigenvalue weighted by atomic mass is 35.5. The summed E-state index contributed by atoms with van der Waals surface area (Å²) >= 11 is 5.82. The fourth-order valence-electron chi connectivity index (χ4n) is 0.740. The van der Waals surface area contributed by atoms with Crippen LogP contribution in [0.2, 0.25) is 5.15 Å². The normalized spacial score (nSPS) is 9.00. The molecule has 0 aliphatic rings. The number of nitrogens with zero attached hydrogens (tertiary/aromatic N) is 1. The van der Waals surface area contributed by atoms with Gasteiger partial charge in [-0.2, -0.15) is 0 Å². The van der Waals surface area contributed by atoms with Crippen molar-refractivity contribution in [3.63, 3.8) is 0 Å². The molecule has 0 bridgehead atoms. The maximum absolute atomic E-state index is 5.82. The highest BCUT2D eigenvalue weighted by Crippen LogP contribution is 2.15. The minimum Gasteiger partial charge on any atom is -0.241 e. The number of aromatic nitrogens is 1. The first-order chi connectivity index (χ1) is 5.74. The summed E-state index contributed by atoms with van der Waals surface area (Å²) < 4.78 is 0. The van der Waals surface area contributed by atoms with Crippen LogP contribution in [0, 0.1) is 6.92 Å². The Morgan fingerprint density at radius 2 is 2.00 bits per heavy atom. The molecular weight excluding hydrogens is 189 g/mol. The van der Waals surface area contributed by atoms with Gasteiger partial charge in [0.15, 0.2) is 0 Å². The quantitative estimate of drug-likeness (QED) is 0.506. The fourth-order valence-corrected chi connectivity index (χ4v) is 1.59. The zero-order valence-corrected chi connectivity index (χ0v) is 10.1. The summed E-state index contributed by atoms with van der Waals surface area (Å²) in [7, 11) is 1.88. The van der Waals surface area contributed by atoms with Gasteiger partial charge < -0.3 is 0 Å². The van der Waals surface area contributed by atoms with Gasteiger partial charge in [-0.25, -0.2) is 4.98 Å². The predicted octanol–water partition coefficient (Wildman–Crippen LogP) is 3.18. The Labute approximate surface area is 81.7 Å². The van der Waals surface area contributed by atoms with Crippen molar-refractivity contribution in [3.8, 4) is 0 Å². The van der Waals surface area contributed by atoms with E-state index in [1.165, 1.54) is 0 Å². The number of pyridine rings is 1. The van der Waals surface area contributed by atoms with Gasteiger partial charge in [0, 0.05) is 11.3 Å². The van der Waals surface area contributed by atoms with Crippen molar-refractivity contribution < 1.29 is 0 Å². The van der Waals surface area contributed by atoms with Gasteiger partial charge in [0.2, 0.25) is 0 Å². The van der Waals surface area contributed by atoms with E-state index in [4.69, 9.17) is 11.6 Å². The maximum Gasteiger partial charge on any atom is 0.136 e. The number of hydrogen-bond donors (Lipinski definition) is 0. The minimum atomic E-state index is 0.648. The molecule has 0 aliphatic carbocycles. The van der Waals surface area contributed by atoms with Crippen LogP contribution in [0.1, 0.15) is 25.1 Å². The van der Waals surface area contributed by atoms with E-state index >= 15 is 0 Å². The lowest BCUT2D eigenvalue weighted by atomic mass is 10.3. The summed E-state index contributed by atoms with van der Waals surface area (Å²) in [4.78, 5) is 4.11. The van der Waals surface area contributed by atoms with Crippen LogP contribution >= 0.6 is 20.8 Å². The van der Waals surface area contributed by atoms with E-state index in [2.05, 4.69) is 4.98 Å². The third-order valence-corrected chi connectivity index (χ3v) is 2.20. The third-order valence-electron chi connectivity index (χ3n) is 1.33. The van der Waals surface area contributed by atoms with Crippen LogP contribution in [-0.2, 0) is 6.16 Å². The lowest BCUT2D eigenvalue weighted by Crippen LogP contribution is -1.86. The molecular formula is C9H16ClNP+. The molecule has 12 heavy (non-hydrogen) atoms. The SMILES string of the molecule is CC.Cc1ccc(C[PH3+])c(Cl)n1. The van der Waals surface area contributed by atoms with Gasteiger partial charge in [0.1, 0.15) is 5.15 Å². The van der Waals surface area contributed by atoms with Crippen LogP contribution in [0.4, 0.5) is 0 Å². The van der Waals surface area contributed by atoms with Crippen LogP contribution < -0.4 is 0 Å². The van der Waals surface area contributed by atoms with Gasteiger partial charge in [-0.15, -0.1) is 0 Å². The Morgan fingerprint density at radius 1 is 1.42 bits per heavy atom. The van der Waals surface area contributed by atoms with E-state index in [1.807, 2.05) is 42.1 Å². The summed E-state index contributed by atoms with van der Waals surface area (Å²) in [6, 6.07) is 4.01. The molecule has 1 heterocycles. The molecule has 0 saturated carbocycles. The van der Waals surface area contributed by atoms with Crippen molar-refractivity contribution in [3.05, 3.63) is 28.5 Å². The maximum atomic E-state index is 5.82. The van der Waals surface area contributed by atoms with E-state index in [0.717, 1.165) is 17.4 Å². The molecule has 0 radical (unpaired) electrons. The summed E-state index contributed by atoms with van der Waals surface area (Å²) in [6.07, 6.45) is 0.978. The van der Waals surface area contributed by atoms with Crippen LogP contribution in [0.15, 0.2) is 12.1 Å². The van der Waals surface area contributed by atoms with E-state index in [9.17, 15) is 0 Å². The van der Waals surface area contributed by atoms with Crippen LogP contribution in [-0.4, -0.2) is 4.98 Å². The monoisotopic (exact) mass is 204 g/mol. The van der Waals surface area contributed by atoms with Crippen molar-refractivity contribution in [1.29, 1.82) is 0 Å². The number of aryl methyl sites for hydroxylation is 1. The van der Waals surface area contributed by atoms with Gasteiger partial charge >= 0.3 is 0 Å². The van der Waals surface area contributed by atoms with Gasteiger partial charge in [-0.1, -0.05) is 31.5 Å². The van der Waals surface area contributed by atoms with Crippen molar-refractivity contribution in [1.82, 2.24) is 4.98 Å². The summed E-state index contributed by atoms with van der Waals surface area (Å²) in [6.45, 7) is 5.94. The summed E-state index contributed by atoms with van der Waals surface area (Å²) in [5.41, 5.74) is 2.11. The molecule has 1 rings (SSSR count). The Bertz CT molecular complexity index is 238. The van der Waals surface area contributed by atoms with Crippen LogP contribution in [0.25, 0.3) is 0 Å². The lowest BCUT2D eigenvalue weighted by molar-refractivity contribution is 1.16. The van der Waals surface area contributed by atoms with E-state index < -0.39 is 0 Å². The molecule has 1 atom stereocenters. The van der Waals surface area contributed by atoms with E-state index in [1.54, 1.807) is 0 Å². The largest absolute Gasteiger partial charge is 0.241 e. The molecule has 0 fully saturated rings. The molecule has 0 amide bonds. The Hall–Kier alpha value is -0.130. The van der Waals surface area contributed by atoms with Gasteiger partial charge in [0.25, 0.3) is 0 Å². The molecule has 1 unspecified atom stereocenters. The topological polar surface area (TPSA) is 12.9 Å². The Balaban J connectivity index is 0.000000561. The highest BCUT2D eigenvalue weighted by Gasteiger charge is 1.99. The van der Waals surface area contributed by atoms with Crippen molar-refractivity contribution >= 4 is 20.8 Å². The Kier molecular flexibility index (Phi) is 6.32. The molecule has 0 N–H and O–H groups in total.